The lowest BCUT2D eigenvalue weighted by Gasteiger charge is -2.27. The number of piperidine rings is 1. The van der Waals surface area contributed by atoms with E-state index in [1.165, 1.54) is 0 Å². The van der Waals surface area contributed by atoms with Gasteiger partial charge >= 0.3 is 0 Å². The van der Waals surface area contributed by atoms with E-state index in [2.05, 4.69) is 5.43 Å². The summed E-state index contributed by atoms with van der Waals surface area (Å²) in [5.74, 6) is 0. The van der Waals surface area contributed by atoms with Crippen LogP contribution >= 0.6 is 0 Å². The van der Waals surface area contributed by atoms with E-state index < -0.39 is 0 Å². The Kier molecular flexibility index (Phi) is 2.65. The van der Waals surface area contributed by atoms with E-state index in [-0.39, 0.29) is 6.10 Å². The number of hydrazine groups is 1. The van der Waals surface area contributed by atoms with E-state index in [1.807, 2.05) is 0 Å². The molecule has 1 aliphatic heterocycles. The molecule has 0 aliphatic carbocycles. The summed E-state index contributed by atoms with van der Waals surface area (Å²) in [5, 5.41) is 10.9. The zero-order chi connectivity index (χ0) is 7.40. The van der Waals surface area contributed by atoms with Crippen LogP contribution in [0.1, 0.15) is 12.8 Å². The number of carbonyl (C=O) groups is 1. The van der Waals surface area contributed by atoms with Gasteiger partial charge in [0.25, 0.3) is 0 Å². The minimum atomic E-state index is -0.176. The van der Waals surface area contributed by atoms with Crippen molar-refractivity contribution in [3.8, 4) is 0 Å². The van der Waals surface area contributed by atoms with Crippen LogP contribution in [0.2, 0.25) is 0 Å². The normalized spacial score (nSPS) is 22.5. The fraction of sp³-hybridized carbons (Fsp3) is 0.833. The maximum Gasteiger partial charge on any atom is 0.221 e. The first kappa shape index (κ1) is 7.50. The smallest absolute Gasteiger partial charge is 0.221 e. The molecule has 0 aromatic rings. The third kappa shape index (κ3) is 1.97. The van der Waals surface area contributed by atoms with Crippen LogP contribution in [0, 0.1) is 0 Å². The highest BCUT2D eigenvalue weighted by atomic mass is 16.3. The molecule has 1 heterocycles. The van der Waals surface area contributed by atoms with Crippen molar-refractivity contribution in [1.82, 2.24) is 10.4 Å². The Hall–Kier alpha value is -0.610. The third-order valence-electron chi connectivity index (χ3n) is 1.70. The predicted octanol–water partition coefficient (Wildman–Crippen LogP) is -0.896. The number of aliphatic hydroxyl groups is 1. The Bertz CT molecular complexity index is 110. The number of carbonyl (C=O) groups excluding carboxylic acids is 1. The molecular formula is C6H12N2O2. The molecule has 0 unspecified atom stereocenters. The van der Waals surface area contributed by atoms with E-state index >= 15 is 0 Å². The minimum Gasteiger partial charge on any atom is -0.393 e. The molecular weight excluding hydrogens is 132 g/mol. The van der Waals surface area contributed by atoms with Gasteiger partial charge in [-0.05, 0) is 12.8 Å². The van der Waals surface area contributed by atoms with Crippen molar-refractivity contribution in [2.75, 3.05) is 13.1 Å². The molecule has 1 amide bonds. The van der Waals surface area contributed by atoms with Crippen LogP contribution < -0.4 is 5.43 Å². The van der Waals surface area contributed by atoms with Gasteiger partial charge < -0.3 is 5.11 Å². The van der Waals surface area contributed by atoms with E-state index in [0.29, 0.717) is 6.41 Å². The fourth-order valence-electron chi connectivity index (χ4n) is 1.07. The zero-order valence-corrected chi connectivity index (χ0v) is 5.79. The van der Waals surface area contributed by atoms with E-state index in [4.69, 9.17) is 5.11 Å². The standard InChI is InChI=1S/C6H12N2O2/c9-5-7-8-3-1-6(10)2-4-8/h5-6,10H,1-4H2,(H,7,9). The first-order valence-electron chi connectivity index (χ1n) is 3.46. The Morgan fingerprint density at radius 2 is 2.10 bits per heavy atom. The van der Waals surface area contributed by atoms with Gasteiger partial charge in [-0.3, -0.25) is 10.2 Å². The van der Waals surface area contributed by atoms with Crippen molar-refractivity contribution in [2.24, 2.45) is 0 Å². The van der Waals surface area contributed by atoms with E-state index in [0.717, 1.165) is 25.9 Å². The van der Waals surface area contributed by atoms with Crippen LogP contribution in [0.5, 0.6) is 0 Å². The van der Waals surface area contributed by atoms with Gasteiger partial charge in [-0.1, -0.05) is 0 Å². The lowest BCUT2D eigenvalue weighted by molar-refractivity contribution is -0.114. The molecule has 1 aliphatic rings. The number of nitrogens with zero attached hydrogens (tertiary/aromatic N) is 1. The monoisotopic (exact) mass is 144 g/mol. The summed E-state index contributed by atoms with van der Waals surface area (Å²) in [6.45, 7) is 1.50. The molecule has 1 rings (SSSR count). The first-order chi connectivity index (χ1) is 4.83. The third-order valence-corrected chi connectivity index (χ3v) is 1.70. The second-order valence-electron chi connectivity index (χ2n) is 2.47. The predicted molar refractivity (Wildman–Crippen MR) is 36.0 cm³/mol. The summed E-state index contributed by atoms with van der Waals surface area (Å²) in [6.07, 6.45) is 1.99. The van der Waals surface area contributed by atoms with Gasteiger partial charge in [0.1, 0.15) is 0 Å². The molecule has 0 aromatic carbocycles. The minimum absolute atomic E-state index is 0.176. The first-order valence-corrected chi connectivity index (χ1v) is 3.46. The number of aliphatic hydroxyl groups excluding tert-OH is 1. The van der Waals surface area contributed by atoms with Crippen LogP contribution in [0.15, 0.2) is 0 Å². The lowest BCUT2D eigenvalue weighted by atomic mass is 10.1. The highest BCUT2D eigenvalue weighted by Gasteiger charge is 2.15. The van der Waals surface area contributed by atoms with Crippen LogP contribution in [0.25, 0.3) is 0 Å². The number of amides is 1. The summed E-state index contributed by atoms with van der Waals surface area (Å²) in [7, 11) is 0. The summed E-state index contributed by atoms with van der Waals surface area (Å²) >= 11 is 0. The quantitative estimate of drug-likeness (QED) is 0.494. The van der Waals surface area contributed by atoms with Gasteiger partial charge in [-0.25, -0.2) is 5.01 Å². The number of rotatable bonds is 2. The van der Waals surface area contributed by atoms with Gasteiger partial charge in [0.05, 0.1) is 6.10 Å². The maximum atomic E-state index is 9.94. The van der Waals surface area contributed by atoms with Crippen LogP contribution in [0.3, 0.4) is 0 Å². The van der Waals surface area contributed by atoms with Crippen molar-refractivity contribution >= 4 is 6.41 Å². The SMILES string of the molecule is O=CNN1CCC(O)CC1. The van der Waals surface area contributed by atoms with E-state index in [1.54, 1.807) is 5.01 Å². The molecule has 1 saturated heterocycles. The second kappa shape index (κ2) is 3.53. The van der Waals surface area contributed by atoms with Crippen LogP contribution in [-0.4, -0.2) is 35.7 Å². The molecule has 0 radical (unpaired) electrons. The van der Waals surface area contributed by atoms with Gasteiger partial charge in [0.15, 0.2) is 0 Å². The largest absolute Gasteiger partial charge is 0.393 e. The van der Waals surface area contributed by atoms with Gasteiger partial charge in [0, 0.05) is 13.1 Å². The number of hydrogen-bond acceptors (Lipinski definition) is 3. The summed E-state index contributed by atoms with van der Waals surface area (Å²) < 4.78 is 0. The average molecular weight is 144 g/mol. The average Bonchev–Trinajstić information content (AvgIpc) is 1.95. The summed E-state index contributed by atoms with van der Waals surface area (Å²) in [6, 6.07) is 0. The molecule has 4 heteroatoms. The molecule has 0 spiro atoms. The van der Waals surface area contributed by atoms with Crippen molar-refractivity contribution in [2.45, 2.75) is 18.9 Å². The molecule has 0 atom stereocenters. The Morgan fingerprint density at radius 1 is 1.50 bits per heavy atom. The Labute approximate surface area is 59.8 Å². The van der Waals surface area contributed by atoms with Crippen molar-refractivity contribution < 1.29 is 9.90 Å². The Balaban J connectivity index is 2.19. The highest BCUT2D eigenvalue weighted by Crippen LogP contribution is 2.06. The molecule has 0 saturated carbocycles. The van der Waals surface area contributed by atoms with Crippen molar-refractivity contribution in [1.29, 1.82) is 0 Å². The molecule has 4 nitrogen and oxygen atoms in total. The van der Waals surface area contributed by atoms with Gasteiger partial charge in [-0.15, -0.1) is 0 Å². The molecule has 1 fully saturated rings. The molecule has 58 valence electrons. The summed E-state index contributed by atoms with van der Waals surface area (Å²) in [4.78, 5) is 9.94. The molecule has 0 aromatic heterocycles. The molecule has 2 N–H and O–H groups in total. The zero-order valence-electron chi connectivity index (χ0n) is 5.79. The maximum absolute atomic E-state index is 9.94. The lowest BCUT2D eigenvalue weighted by Crippen LogP contribution is -2.44. The van der Waals surface area contributed by atoms with Gasteiger partial charge in [-0.2, -0.15) is 0 Å². The van der Waals surface area contributed by atoms with Crippen molar-refractivity contribution in [3.05, 3.63) is 0 Å². The Morgan fingerprint density at radius 3 is 2.60 bits per heavy atom. The van der Waals surface area contributed by atoms with Gasteiger partial charge in [0.2, 0.25) is 6.41 Å². The highest BCUT2D eigenvalue weighted by molar-refractivity contribution is 5.44. The van der Waals surface area contributed by atoms with Crippen LogP contribution in [0.4, 0.5) is 0 Å². The molecule has 10 heavy (non-hydrogen) atoms. The fourth-order valence-corrected chi connectivity index (χ4v) is 1.07. The van der Waals surface area contributed by atoms with Crippen molar-refractivity contribution in [3.63, 3.8) is 0 Å². The molecule has 0 bridgehead atoms. The van der Waals surface area contributed by atoms with E-state index in [9.17, 15) is 4.79 Å². The van der Waals surface area contributed by atoms with Crippen LogP contribution in [-0.2, 0) is 4.79 Å². The number of nitrogens with one attached hydrogen (secondary N) is 1. The topological polar surface area (TPSA) is 52.6 Å². The number of hydrogen-bond donors (Lipinski definition) is 2. The second-order valence-corrected chi connectivity index (χ2v) is 2.47. The summed E-state index contributed by atoms with van der Waals surface area (Å²) in [5.41, 5.74) is 2.55.